The SMILES string of the molecule is COc1cc(OC)c(Cl)c(-c2cc3cnc(N)nc3c(NCC3CCCC3)n2)c1Cl. The summed E-state index contributed by atoms with van der Waals surface area (Å²) < 4.78 is 10.8. The maximum atomic E-state index is 6.61. The molecule has 4 rings (SSSR count). The average Bonchev–Trinajstić information content (AvgIpc) is 3.26. The van der Waals surface area contributed by atoms with E-state index in [0.29, 0.717) is 50.1 Å². The minimum atomic E-state index is 0.195. The van der Waals surface area contributed by atoms with Crippen molar-refractivity contribution in [3.8, 4) is 22.8 Å². The smallest absolute Gasteiger partial charge is 0.220 e. The Hall–Kier alpha value is -2.51. The Kier molecular flexibility index (Phi) is 6.01. The summed E-state index contributed by atoms with van der Waals surface area (Å²) in [5.41, 5.74) is 7.58. The van der Waals surface area contributed by atoms with E-state index in [1.807, 2.05) is 6.07 Å². The fraction of sp³-hybridized carbons (Fsp3) is 0.381. The number of aromatic nitrogens is 3. The fourth-order valence-corrected chi connectivity index (χ4v) is 4.56. The molecule has 1 aliphatic rings. The summed E-state index contributed by atoms with van der Waals surface area (Å²) in [7, 11) is 3.08. The van der Waals surface area contributed by atoms with Crippen molar-refractivity contribution in [1.29, 1.82) is 0 Å². The molecule has 1 saturated carbocycles. The van der Waals surface area contributed by atoms with E-state index < -0.39 is 0 Å². The summed E-state index contributed by atoms with van der Waals surface area (Å²) >= 11 is 13.2. The maximum Gasteiger partial charge on any atom is 0.220 e. The number of fused-ring (bicyclic) bond motifs is 1. The molecule has 2 aromatic heterocycles. The second-order valence-corrected chi connectivity index (χ2v) is 8.09. The Bertz CT molecular complexity index is 1060. The summed E-state index contributed by atoms with van der Waals surface area (Å²) in [5, 5.41) is 4.94. The van der Waals surface area contributed by atoms with Crippen molar-refractivity contribution in [2.24, 2.45) is 5.92 Å². The summed E-state index contributed by atoms with van der Waals surface area (Å²) in [5.74, 6) is 2.33. The number of hydrogen-bond donors (Lipinski definition) is 2. The van der Waals surface area contributed by atoms with Crippen LogP contribution in [0.5, 0.6) is 11.5 Å². The van der Waals surface area contributed by atoms with Gasteiger partial charge < -0.3 is 20.5 Å². The van der Waals surface area contributed by atoms with Gasteiger partial charge in [0.05, 0.1) is 30.0 Å². The Morgan fingerprint density at radius 1 is 1.07 bits per heavy atom. The molecule has 3 N–H and O–H groups in total. The number of ether oxygens (including phenoxy) is 2. The molecule has 0 radical (unpaired) electrons. The second kappa shape index (κ2) is 8.70. The summed E-state index contributed by atoms with van der Waals surface area (Å²) in [6.45, 7) is 0.818. The van der Waals surface area contributed by atoms with Gasteiger partial charge >= 0.3 is 0 Å². The van der Waals surface area contributed by atoms with E-state index in [0.717, 1.165) is 11.9 Å². The molecule has 2 heterocycles. The van der Waals surface area contributed by atoms with E-state index in [-0.39, 0.29) is 5.95 Å². The van der Waals surface area contributed by atoms with Crippen LogP contribution in [0.15, 0.2) is 18.3 Å². The van der Waals surface area contributed by atoms with Gasteiger partial charge in [-0.15, -0.1) is 0 Å². The van der Waals surface area contributed by atoms with E-state index in [9.17, 15) is 0 Å². The third-order valence-electron chi connectivity index (χ3n) is 5.45. The predicted molar refractivity (Wildman–Crippen MR) is 121 cm³/mol. The van der Waals surface area contributed by atoms with Crippen molar-refractivity contribution in [2.75, 3.05) is 31.8 Å². The lowest BCUT2D eigenvalue weighted by Crippen LogP contribution is -2.13. The number of pyridine rings is 1. The molecule has 1 aliphatic carbocycles. The highest BCUT2D eigenvalue weighted by Crippen LogP contribution is 2.46. The van der Waals surface area contributed by atoms with Gasteiger partial charge in [0.15, 0.2) is 5.82 Å². The molecule has 9 heteroatoms. The van der Waals surface area contributed by atoms with Crippen LogP contribution < -0.4 is 20.5 Å². The fourth-order valence-electron chi connectivity index (χ4n) is 3.87. The molecular weight excluding hydrogens is 425 g/mol. The van der Waals surface area contributed by atoms with Gasteiger partial charge in [0.25, 0.3) is 0 Å². The second-order valence-electron chi connectivity index (χ2n) is 7.34. The first-order chi connectivity index (χ1) is 14.5. The zero-order valence-corrected chi connectivity index (χ0v) is 18.3. The molecule has 0 aliphatic heterocycles. The summed E-state index contributed by atoms with van der Waals surface area (Å²) in [6, 6.07) is 3.49. The van der Waals surface area contributed by atoms with Crippen LogP contribution in [-0.4, -0.2) is 35.7 Å². The first-order valence-electron chi connectivity index (χ1n) is 9.79. The van der Waals surface area contributed by atoms with Crippen LogP contribution >= 0.6 is 23.2 Å². The Balaban J connectivity index is 1.86. The minimum absolute atomic E-state index is 0.195. The van der Waals surface area contributed by atoms with Crippen LogP contribution in [0.4, 0.5) is 11.8 Å². The van der Waals surface area contributed by atoms with E-state index in [1.54, 1.807) is 12.3 Å². The molecule has 1 aromatic carbocycles. The number of benzene rings is 1. The number of nitrogen functional groups attached to an aromatic ring is 1. The van der Waals surface area contributed by atoms with Gasteiger partial charge in [0, 0.05) is 29.8 Å². The van der Waals surface area contributed by atoms with Crippen molar-refractivity contribution in [3.05, 3.63) is 28.4 Å². The number of nitrogens with zero attached hydrogens (tertiary/aromatic N) is 3. The molecule has 158 valence electrons. The summed E-state index contributed by atoms with van der Waals surface area (Å²) in [6.07, 6.45) is 6.64. The number of hydrogen-bond acceptors (Lipinski definition) is 7. The van der Waals surface area contributed by atoms with Crippen molar-refractivity contribution in [3.63, 3.8) is 0 Å². The van der Waals surface area contributed by atoms with Gasteiger partial charge in [0.1, 0.15) is 17.0 Å². The van der Waals surface area contributed by atoms with Crippen molar-refractivity contribution in [2.45, 2.75) is 25.7 Å². The molecule has 0 amide bonds. The maximum absolute atomic E-state index is 6.61. The zero-order chi connectivity index (χ0) is 21.3. The monoisotopic (exact) mass is 447 g/mol. The summed E-state index contributed by atoms with van der Waals surface area (Å²) in [4.78, 5) is 13.3. The molecule has 0 bridgehead atoms. The first kappa shape index (κ1) is 20.8. The number of nitrogens with two attached hydrogens (primary N) is 1. The molecule has 0 atom stereocenters. The highest BCUT2D eigenvalue weighted by Gasteiger charge is 2.22. The van der Waals surface area contributed by atoms with Crippen LogP contribution in [-0.2, 0) is 0 Å². The van der Waals surface area contributed by atoms with Crippen LogP contribution in [0.3, 0.4) is 0 Å². The highest BCUT2D eigenvalue weighted by molar-refractivity contribution is 6.41. The lowest BCUT2D eigenvalue weighted by atomic mass is 10.1. The number of rotatable bonds is 6. The van der Waals surface area contributed by atoms with Crippen molar-refractivity contribution >= 4 is 45.9 Å². The van der Waals surface area contributed by atoms with Gasteiger partial charge in [-0.1, -0.05) is 36.0 Å². The molecule has 0 spiro atoms. The van der Waals surface area contributed by atoms with Crippen LogP contribution in [0, 0.1) is 5.92 Å². The standard InChI is InChI=1S/C21H23Cl2N5O2/c1-29-14-8-15(30-2)18(23)16(17(14)22)13-7-12-10-26-21(24)28-19(12)20(27-13)25-9-11-5-3-4-6-11/h7-8,10-11H,3-6,9H2,1-2H3,(H,25,27)(H2,24,26,28). The van der Waals surface area contributed by atoms with Gasteiger partial charge in [-0.3, -0.25) is 0 Å². The number of anilines is 2. The lowest BCUT2D eigenvalue weighted by molar-refractivity contribution is 0.395. The molecule has 7 nitrogen and oxygen atoms in total. The molecule has 0 saturated heterocycles. The third kappa shape index (κ3) is 3.91. The van der Waals surface area contributed by atoms with Gasteiger partial charge in [-0.2, -0.15) is 0 Å². The molecular formula is C21H23Cl2N5O2. The Morgan fingerprint density at radius 2 is 1.73 bits per heavy atom. The van der Waals surface area contributed by atoms with E-state index >= 15 is 0 Å². The normalized spacial score (nSPS) is 14.3. The van der Waals surface area contributed by atoms with Crippen molar-refractivity contribution < 1.29 is 9.47 Å². The van der Waals surface area contributed by atoms with Crippen molar-refractivity contribution in [1.82, 2.24) is 15.0 Å². The van der Waals surface area contributed by atoms with Crippen LogP contribution in [0.1, 0.15) is 25.7 Å². The van der Waals surface area contributed by atoms with E-state index in [2.05, 4.69) is 15.3 Å². The van der Waals surface area contributed by atoms with Crippen LogP contribution in [0.25, 0.3) is 22.2 Å². The number of halogens is 2. The topological polar surface area (TPSA) is 95.2 Å². The third-order valence-corrected chi connectivity index (χ3v) is 6.20. The quantitative estimate of drug-likeness (QED) is 0.535. The Morgan fingerprint density at radius 3 is 2.37 bits per heavy atom. The van der Waals surface area contributed by atoms with Gasteiger partial charge in [0.2, 0.25) is 5.95 Å². The largest absolute Gasteiger partial charge is 0.495 e. The highest BCUT2D eigenvalue weighted by atomic mass is 35.5. The number of methoxy groups -OCH3 is 2. The molecule has 30 heavy (non-hydrogen) atoms. The molecule has 0 unspecified atom stereocenters. The predicted octanol–water partition coefficient (Wildman–Crippen LogP) is 5.20. The first-order valence-corrected chi connectivity index (χ1v) is 10.5. The van der Waals surface area contributed by atoms with Gasteiger partial charge in [-0.05, 0) is 24.8 Å². The average molecular weight is 448 g/mol. The van der Waals surface area contributed by atoms with E-state index in [4.69, 9.17) is 43.4 Å². The van der Waals surface area contributed by atoms with Crippen LogP contribution in [0.2, 0.25) is 10.0 Å². The molecule has 1 fully saturated rings. The van der Waals surface area contributed by atoms with Gasteiger partial charge in [-0.25, -0.2) is 15.0 Å². The number of nitrogens with one attached hydrogen (secondary N) is 1. The Labute approximate surface area is 184 Å². The molecule has 3 aromatic rings. The van der Waals surface area contributed by atoms with E-state index in [1.165, 1.54) is 39.9 Å². The minimum Gasteiger partial charge on any atom is -0.495 e. The lowest BCUT2D eigenvalue weighted by Gasteiger charge is -2.17. The zero-order valence-electron chi connectivity index (χ0n) is 16.8.